The molecule has 2 heterocycles. The number of hydrogen-bond acceptors (Lipinski definition) is 6. The van der Waals surface area contributed by atoms with Gasteiger partial charge in [-0.15, -0.1) is 0 Å². The molecule has 1 aliphatic heterocycles. The zero-order chi connectivity index (χ0) is 22.0. The van der Waals surface area contributed by atoms with Crippen LogP contribution in [0.15, 0.2) is 48.5 Å². The number of hydrogen-bond donors (Lipinski definition) is 0. The largest absolute Gasteiger partial charge is 0.497 e. The fourth-order valence-electron chi connectivity index (χ4n) is 3.87. The Labute approximate surface area is 186 Å². The predicted octanol–water partition coefficient (Wildman–Crippen LogP) is 3.65. The van der Waals surface area contributed by atoms with Gasteiger partial charge in [-0.1, -0.05) is 48.1 Å². The predicted molar refractivity (Wildman–Crippen MR) is 123 cm³/mol. The summed E-state index contributed by atoms with van der Waals surface area (Å²) in [5, 5.41) is 0.552. The van der Waals surface area contributed by atoms with E-state index in [9.17, 15) is 13.2 Å². The van der Waals surface area contributed by atoms with Gasteiger partial charge in [0, 0.05) is 6.54 Å². The average molecular weight is 460 g/mol. The summed E-state index contributed by atoms with van der Waals surface area (Å²) < 4.78 is 32.3. The van der Waals surface area contributed by atoms with E-state index in [0.29, 0.717) is 24.6 Å². The number of thiazole rings is 1. The van der Waals surface area contributed by atoms with Crippen molar-refractivity contribution in [1.82, 2.24) is 9.29 Å². The Bertz CT molecular complexity index is 1180. The quantitative estimate of drug-likeness (QED) is 0.562. The van der Waals surface area contributed by atoms with Gasteiger partial charge in [0.15, 0.2) is 5.13 Å². The van der Waals surface area contributed by atoms with E-state index in [-0.39, 0.29) is 5.91 Å². The topological polar surface area (TPSA) is 79.8 Å². The third-order valence-electron chi connectivity index (χ3n) is 5.43. The Balaban J connectivity index is 1.74. The zero-order valence-corrected chi connectivity index (χ0v) is 19.2. The summed E-state index contributed by atoms with van der Waals surface area (Å²) in [5.74, 6) is 0.485. The van der Waals surface area contributed by atoms with Gasteiger partial charge < -0.3 is 4.74 Å². The number of amides is 1. The van der Waals surface area contributed by atoms with E-state index < -0.39 is 16.1 Å². The number of benzene rings is 2. The summed E-state index contributed by atoms with van der Waals surface area (Å²) in [7, 11) is -1.88. The monoisotopic (exact) mass is 459 g/mol. The molecule has 0 saturated carbocycles. The SMILES string of the molecule is COc1ccc2nc(N(Cc3ccccc3)C(=O)C3CCCCN3S(C)(=O)=O)sc2c1. The lowest BCUT2D eigenvalue weighted by atomic mass is 10.0. The van der Waals surface area contributed by atoms with E-state index in [0.717, 1.165) is 34.4 Å². The fourth-order valence-corrected chi connectivity index (χ4v) is 5.99. The van der Waals surface area contributed by atoms with Crippen molar-refractivity contribution in [1.29, 1.82) is 0 Å². The first kappa shape index (κ1) is 21.7. The second kappa shape index (κ2) is 8.94. The highest BCUT2D eigenvalue weighted by molar-refractivity contribution is 7.88. The molecule has 0 spiro atoms. The Morgan fingerprint density at radius 3 is 2.71 bits per heavy atom. The van der Waals surface area contributed by atoms with Gasteiger partial charge in [-0.3, -0.25) is 9.69 Å². The van der Waals surface area contributed by atoms with Gasteiger partial charge >= 0.3 is 0 Å². The number of carbonyl (C=O) groups is 1. The number of anilines is 1. The van der Waals surface area contributed by atoms with E-state index in [2.05, 4.69) is 4.98 Å². The number of sulfonamides is 1. The number of methoxy groups -OCH3 is 1. The molecule has 9 heteroatoms. The number of carbonyl (C=O) groups excluding carboxylic acids is 1. The van der Waals surface area contributed by atoms with Crippen molar-refractivity contribution in [2.75, 3.05) is 24.8 Å². The molecule has 1 saturated heterocycles. The van der Waals surface area contributed by atoms with Crippen molar-refractivity contribution in [2.24, 2.45) is 0 Å². The standard InChI is InChI=1S/C22H25N3O4S2/c1-29-17-11-12-18-20(14-17)30-22(23-18)24(15-16-8-4-3-5-9-16)21(26)19-10-6-7-13-25(19)31(2,27)28/h3-5,8-9,11-12,14,19H,6-7,10,13,15H2,1-2H3. The Morgan fingerprint density at radius 1 is 1.23 bits per heavy atom. The van der Waals surface area contributed by atoms with Crippen LogP contribution in [-0.2, 0) is 21.4 Å². The highest BCUT2D eigenvalue weighted by atomic mass is 32.2. The molecule has 164 valence electrons. The summed E-state index contributed by atoms with van der Waals surface area (Å²) in [6, 6.07) is 14.5. The maximum atomic E-state index is 13.7. The molecule has 3 aromatic rings. The Morgan fingerprint density at radius 2 is 2.00 bits per heavy atom. The number of aromatic nitrogens is 1. The molecule has 4 rings (SSSR count). The van der Waals surface area contributed by atoms with Gasteiger partial charge in [0.2, 0.25) is 15.9 Å². The lowest BCUT2D eigenvalue weighted by Gasteiger charge is -2.35. The number of fused-ring (bicyclic) bond motifs is 1. The lowest BCUT2D eigenvalue weighted by Crippen LogP contribution is -2.52. The van der Waals surface area contributed by atoms with Crippen LogP contribution in [0.4, 0.5) is 5.13 Å². The van der Waals surface area contributed by atoms with Crippen LogP contribution >= 0.6 is 11.3 Å². The minimum atomic E-state index is -3.49. The molecule has 1 aromatic heterocycles. The van der Waals surface area contributed by atoms with Crippen molar-refractivity contribution in [3.05, 3.63) is 54.1 Å². The molecule has 0 bridgehead atoms. The molecule has 1 unspecified atom stereocenters. The van der Waals surface area contributed by atoms with Crippen molar-refractivity contribution < 1.29 is 17.9 Å². The number of ether oxygens (including phenoxy) is 1. The second-order valence-corrected chi connectivity index (χ2v) is 10.6. The van der Waals surface area contributed by atoms with Crippen molar-refractivity contribution >= 4 is 42.6 Å². The zero-order valence-electron chi connectivity index (χ0n) is 17.5. The van der Waals surface area contributed by atoms with Crippen LogP contribution in [-0.4, -0.2) is 49.6 Å². The minimum absolute atomic E-state index is 0.236. The molecule has 2 aromatic carbocycles. The van der Waals surface area contributed by atoms with Crippen LogP contribution in [0.1, 0.15) is 24.8 Å². The van der Waals surface area contributed by atoms with Crippen LogP contribution in [0.3, 0.4) is 0 Å². The molecule has 7 nitrogen and oxygen atoms in total. The normalized spacial score (nSPS) is 17.5. The molecule has 0 radical (unpaired) electrons. The summed E-state index contributed by atoms with van der Waals surface area (Å²) in [4.78, 5) is 20.0. The molecule has 31 heavy (non-hydrogen) atoms. The molecule has 0 N–H and O–H groups in total. The van der Waals surface area contributed by atoms with Gasteiger partial charge in [0.25, 0.3) is 0 Å². The van der Waals surface area contributed by atoms with Crippen LogP contribution < -0.4 is 9.64 Å². The molecular formula is C22H25N3O4S2. The van der Waals surface area contributed by atoms with Crippen molar-refractivity contribution in [2.45, 2.75) is 31.8 Å². The molecule has 1 fully saturated rings. The van der Waals surface area contributed by atoms with E-state index in [4.69, 9.17) is 4.74 Å². The average Bonchev–Trinajstić information content (AvgIpc) is 3.20. The molecule has 1 aliphatic rings. The van der Waals surface area contributed by atoms with Crippen LogP contribution in [0.25, 0.3) is 10.2 Å². The van der Waals surface area contributed by atoms with E-state index in [1.807, 2.05) is 48.5 Å². The highest BCUT2D eigenvalue weighted by Crippen LogP contribution is 2.34. The number of nitrogens with zero attached hydrogens (tertiary/aromatic N) is 3. The van der Waals surface area contributed by atoms with E-state index in [1.54, 1.807) is 12.0 Å². The second-order valence-electron chi connectivity index (χ2n) is 7.63. The van der Waals surface area contributed by atoms with Crippen LogP contribution in [0.2, 0.25) is 0 Å². The summed E-state index contributed by atoms with van der Waals surface area (Å²) in [5.41, 5.74) is 1.73. The molecular weight excluding hydrogens is 434 g/mol. The van der Waals surface area contributed by atoms with Crippen LogP contribution in [0.5, 0.6) is 5.75 Å². The Hall–Kier alpha value is -2.49. The Kier molecular flexibility index (Phi) is 6.27. The molecule has 1 amide bonds. The van der Waals surface area contributed by atoms with Gasteiger partial charge in [-0.2, -0.15) is 4.31 Å². The van der Waals surface area contributed by atoms with Gasteiger partial charge in [-0.05, 0) is 36.6 Å². The molecule has 0 aliphatic carbocycles. The summed E-state index contributed by atoms with van der Waals surface area (Å²) in [6.45, 7) is 0.691. The van der Waals surface area contributed by atoms with Gasteiger partial charge in [-0.25, -0.2) is 13.4 Å². The van der Waals surface area contributed by atoms with Crippen molar-refractivity contribution in [3.63, 3.8) is 0 Å². The summed E-state index contributed by atoms with van der Waals surface area (Å²) >= 11 is 1.40. The van der Waals surface area contributed by atoms with Crippen LogP contribution in [0, 0.1) is 0 Å². The van der Waals surface area contributed by atoms with Gasteiger partial charge in [0.1, 0.15) is 11.8 Å². The molecule has 1 atom stereocenters. The van der Waals surface area contributed by atoms with E-state index >= 15 is 0 Å². The first-order valence-corrected chi connectivity index (χ1v) is 12.8. The fraction of sp³-hybridized carbons (Fsp3) is 0.364. The minimum Gasteiger partial charge on any atom is -0.497 e. The lowest BCUT2D eigenvalue weighted by molar-refractivity contribution is -0.123. The maximum absolute atomic E-state index is 13.7. The van der Waals surface area contributed by atoms with E-state index in [1.165, 1.54) is 21.9 Å². The third-order valence-corrected chi connectivity index (χ3v) is 7.76. The van der Waals surface area contributed by atoms with Gasteiger partial charge in [0.05, 0.1) is 30.1 Å². The first-order valence-electron chi connectivity index (χ1n) is 10.1. The highest BCUT2D eigenvalue weighted by Gasteiger charge is 2.38. The van der Waals surface area contributed by atoms with Crippen molar-refractivity contribution in [3.8, 4) is 5.75 Å². The third kappa shape index (κ3) is 4.73. The number of rotatable bonds is 6. The smallest absolute Gasteiger partial charge is 0.247 e. The maximum Gasteiger partial charge on any atom is 0.247 e. The summed E-state index contributed by atoms with van der Waals surface area (Å²) in [6.07, 6.45) is 3.26. The first-order chi connectivity index (χ1) is 14.9. The number of piperidine rings is 1.